The number of aromatic nitrogens is 5. The SMILES string of the molecule is CC(=O)Nc1cn(CC(=O)Nc2cncnc2)nn1. The average molecular weight is 261 g/mol. The Hall–Kier alpha value is -2.84. The van der Waals surface area contributed by atoms with E-state index in [1.165, 1.54) is 36.5 Å². The number of rotatable bonds is 4. The van der Waals surface area contributed by atoms with Crippen molar-refractivity contribution in [3.63, 3.8) is 0 Å². The highest BCUT2D eigenvalue weighted by atomic mass is 16.2. The first-order valence-corrected chi connectivity index (χ1v) is 5.36. The average Bonchev–Trinajstić information content (AvgIpc) is 2.76. The van der Waals surface area contributed by atoms with Gasteiger partial charge in [-0.05, 0) is 0 Å². The zero-order valence-corrected chi connectivity index (χ0v) is 10.1. The van der Waals surface area contributed by atoms with Gasteiger partial charge in [-0.2, -0.15) is 0 Å². The van der Waals surface area contributed by atoms with Crippen LogP contribution in [-0.2, 0) is 16.1 Å². The zero-order valence-electron chi connectivity index (χ0n) is 10.1. The number of hydrogen-bond acceptors (Lipinski definition) is 6. The normalized spacial score (nSPS) is 9.95. The topological polar surface area (TPSA) is 115 Å². The Morgan fingerprint density at radius 3 is 2.68 bits per heavy atom. The Balaban J connectivity index is 1.92. The van der Waals surface area contributed by atoms with Gasteiger partial charge < -0.3 is 10.6 Å². The van der Waals surface area contributed by atoms with E-state index in [9.17, 15) is 9.59 Å². The van der Waals surface area contributed by atoms with Crippen molar-refractivity contribution in [1.29, 1.82) is 0 Å². The van der Waals surface area contributed by atoms with Gasteiger partial charge in [0.25, 0.3) is 0 Å². The summed E-state index contributed by atoms with van der Waals surface area (Å²) in [5.41, 5.74) is 0.495. The fourth-order valence-corrected chi connectivity index (χ4v) is 1.32. The van der Waals surface area contributed by atoms with Gasteiger partial charge in [0.15, 0.2) is 5.82 Å². The second kappa shape index (κ2) is 5.67. The number of hydrogen-bond donors (Lipinski definition) is 2. The Morgan fingerprint density at radius 1 is 1.26 bits per heavy atom. The molecule has 0 spiro atoms. The molecule has 2 rings (SSSR count). The summed E-state index contributed by atoms with van der Waals surface area (Å²) in [5.74, 6) is -0.254. The van der Waals surface area contributed by atoms with Gasteiger partial charge in [-0.3, -0.25) is 9.59 Å². The molecule has 2 heterocycles. The van der Waals surface area contributed by atoms with E-state index in [4.69, 9.17) is 0 Å². The second-order valence-electron chi connectivity index (χ2n) is 3.66. The lowest BCUT2D eigenvalue weighted by molar-refractivity contribution is -0.117. The van der Waals surface area contributed by atoms with Gasteiger partial charge in [-0.25, -0.2) is 14.6 Å². The van der Waals surface area contributed by atoms with E-state index in [0.717, 1.165) is 0 Å². The first kappa shape index (κ1) is 12.6. The lowest BCUT2D eigenvalue weighted by Gasteiger charge is -2.03. The summed E-state index contributed by atoms with van der Waals surface area (Å²) in [5, 5.41) is 12.5. The molecule has 0 aliphatic rings. The Kier molecular flexibility index (Phi) is 3.76. The Bertz CT molecular complexity index is 581. The molecule has 98 valence electrons. The minimum absolute atomic E-state index is 0.0263. The minimum atomic E-state index is -0.297. The molecule has 0 aliphatic heterocycles. The molecule has 2 N–H and O–H groups in total. The van der Waals surface area contributed by atoms with Crippen LogP contribution in [0.1, 0.15) is 6.92 Å². The van der Waals surface area contributed by atoms with E-state index >= 15 is 0 Å². The van der Waals surface area contributed by atoms with Crippen molar-refractivity contribution in [3.8, 4) is 0 Å². The van der Waals surface area contributed by atoms with E-state index in [-0.39, 0.29) is 18.4 Å². The largest absolute Gasteiger partial charge is 0.322 e. The standard InChI is InChI=1S/C10H11N7O2/c1-7(18)13-9-4-17(16-15-9)5-10(19)14-8-2-11-6-12-3-8/h2-4,6H,5H2,1H3,(H,13,18)(H,14,19). The van der Waals surface area contributed by atoms with Crippen molar-refractivity contribution in [2.75, 3.05) is 10.6 Å². The van der Waals surface area contributed by atoms with Gasteiger partial charge >= 0.3 is 0 Å². The molecule has 0 saturated heterocycles. The van der Waals surface area contributed by atoms with Gasteiger partial charge in [-0.15, -0.1) is 5.10 Å². The monoisotopic (exact) mass is 261 g/mol. The third-order valence-corrected chi connectivity index (χ3v) is 1.99. The number of anilines is 2. The molecule has 0 saturated carbocycles. The van der Waals surface area contributed by atoms with Gasteiger partial charge in [0, 0.05) is 6.92 Å². The van der Waals surface area contributed by atoms with Crippen LogP contribution in [0, 0.1) is 0 Å². The third kappa shape index (κ3) is 3.84. The van der Waals surface area contributed by atoms with Gasteiger partial charge in [0.05, 0.1) is 24.3 Å². The van der Waals surface area contributed by atoms with Gasteiger partial charge in [-0.1, -0.05) is 5.21 Å². The van der Waals surface area contributed by atoms with Crippen molar-refractivity contribution >= 4 is 23.3 Å². The lowest BCUT2D eigenvalue weighted by atomic mass is 10.5. The third-order valence-electron chi connectivity index (χ3n) is 1.99. The molecule has 2 aromatic heterocycles. The number of carbonyl (C=O) groups is 2. The molecule has 9 nitrogen and oxygen atoms in total. The maximum absolute atomic E-state index is 11.7. The molecule has 0 aromatic carbocycles. The van der Waals surface area contributed by atoms with E-state index in [1.807, 2.05) is 0 Å². The smallest absolute Gasteiger partial charge is 0.246 e. The van der Waals surface area contributed by atoms with Crippen LogP contribution in [0.5, 0.6) is 0 Å². The summed E-state index contributed by atoms with van der Waals surface area (Å²) in [6.45, 7) is 1.34. The Morgan fingerprint density at radius 2 is 2.00 bits per heavy atom. The maximum atomic E-state index is 11.7. The van der Waals surface area contributed by atoms with Crippen LogP contribution in [0.25, 0.3) is 0 Å². The molecule has 0 radical (unpaired) electrons. The molecule has 0 fully saturated rings. The summed E-state index contributed by atoms with van der Waals surface area (Å²) in [6.07, 6.45) is 5.79. The van der Waals surface area contributed by atoms with Crippen LogP contribution in [0.15, 0.2) is 24.9 Å². The summed E-state index contributed by atoms with van der Waals surface area (Å²) < 4.78 is 1.31. The number of amides is 2. The summed E-state index contributed by atoms with van der Waals surface area (Å²) in [7, 11) is 0. The van der Waals surface area contributed by atoms with Gasteiger partial charge in [0.1, 0.15) is 12.9 Å². The van der Waals surface area contributed by atoms with Crippen LogP contribution < -0.4 is 10.6 Å². The first-order valence-electron chi connectivity index (χ1n) is 5.36. The summed E-state index contributed by atoms with van der Waals surface area (Å²) in [6, 6.07) is 0. The van der Waals surface area contributed by atoms with Crippen molar-refractivity contribution in [2.24, 2.45) is 0 Å². The predicted octanol–water partition coefficient (Wildman–Crippen LogP) is -0.335. The van der Waals surface area contributed by atoms with E-state index < -0.39 is 0 Å². The van der Waals surface area contributed by atoms with Crippen LogP contribution in [0.2, 0.25) is 0 Å². The highest BCUT2D eigenvalue weighted by Crippen LogP contribution is 2.02. The fourth-order valence-electron chi connectivity index (χ4n) is 1.32. The predicted molar refractivity (Wildman–Crippen MR) is 65.0 cm³/mol. The van der Waals surface area contributed by atoms with Crippen LogP contribution in [-0.4, -0.2) is 36.8 Å². The van der Waals surface area contributed by atoms with E-state index in [2.05, 4.69) is 30.9 Å². The van der Waals surface area contributed by atoms with Crippen molar-refractivity contribution < 1.29 is 9.59 Å². The molecule has 2 amide bonds. The molecule has 0 bridgehead atoms. The minimum Gasteiger partial charge on any atom is -0.322 e. The summed E-state index contributed by atoms with van der Waals surface area (Å²) in [4.78, 5) is 30.0. The molecular formula is C10H11N7O2. The Labute approximate surface area is 108 Å². The van der Waals surface area contributed by atoms with Crippen LogP contribution >= 0.6 is 0 Å². The molecule has 0 atom stereocenters. The van der Waals surface area contributed by atoms with Gasteiger partial charge in [0.2, 0.25) is 11.8 Å². The molecule has 0 unspecified atom stereocenters. The molecule has 0 aliphatic carbocycles. The van der Waals surface area contributed by atoms with E-state index in [1.54, 1.807) is 0 Å². The highest BCUT2D eigenvalue weighted by Gasteiger charge is 2.07. The van der Waals surface area contributed by atoms with Crippen LogP contribution in [0.3, 0.4) is 0 Å². The van der Waals surface area contributed by atoms with Crippen molar-refractivity contribution in [3.05, 3.63) is 24.9 Å². The quantitative estimate of drug-likeness (QED) is 0.778. The highest BCUT2D eigenvalue weighted by molar-refractivity contribution is 5.90. The van der Waals surface area contributed by atoms with Crippen molar-refractivity contribution in [2.45, 2.75) is 13.5 Å². The number of nitrogens with zero attached hydrogens (tertiary/aromatic N) is 5. The maximum Gasteiger partial charge on any atom is 0.246 e. The first-order chi connectivity index (χ1) is 9.13. The summed E-state index contributed by atoms with van der Waals surface area (Å²) >= 11 is 0. The fraction of sp³-hybridized carbons (Fsp3) is 0.200. The molecule has 9 heteroatoms. The number of nitrogens with one attached hydrogen (secondary N) is 2. The van der Waals surface area contributed by atoms with E-state index in [0.29, 0.717) is 11.5 Å². The second-order valence-corrected chi connectivity index (χ2v) is 3.66. The molecule has 19 heavy (non-hydrogen) atoms. The number of carbonyl (C=O) groups excluding carboxylic acids is 2. The molecule has 2 aromatic rings. The zero-order chi connectivity index (χ0) is 13.7. The van der Waals surface area contributed by atoms with Crippen molar-refractivity contribution in [1.82, 2.24) is 25.0 Å². The van der Waals surface area contributed by atoms with Crippen LogP contribution in [0.4, 0.5) is 11.5 Å². The molecular weight excluding hydrogens is 250 g/mol. The lowest BCUT2D eigenvalue weighted by Crippen LogP contribution is -2.19.